The molecule has 2 amide bonds. The molecule has 0 radical (unpaired) electrons. The number of oxazole rings is 1. The lowest BCUT2D eigenvalue weighted by Gasteiger charge is -2.03. The lowest BCUT2D eigenvalue weighted by atomic mass is 10.1. The maximum atomic E-state index is 12.4. The van der Waals surface area contributed by atoms with Crippen LogP contribution in [0.2, 0.25) is 0 Å². The van der Waals surface area contributed by atoms with Crippen molar-refractivity contribution < 1.29 is 14.0 Å². The summed E-state index contributed by atoms with van der Waals surface area (Å²) < 4.78 is 5.83. The van der Waals surface area contributed by atoms with Crippen molar-refractivity contribution in [3.05, 3.63) is 71.1 Å². The van der Waals surface area contributed by atoms with Crippen LogP contribution >= 0.6 is 11.3 Å². The average Bonchev–Trinajstić information content (AvgIpc) is 3.44. The molecule has 168 valence electrons. The van der Waals surface area contributed by atoms with Gasteiger partial charge in [-0.25, -0.2) is 9.97 Å². The van der Waals surface area contributed by atoms with Crippen LogP contribution in [0.5, 0.6) is 0 Å². The van der Waals surface area contributed by atoms with Gasteiger partial charge in [-0.3, -0.25) is 9.59 Å². The van der Waals surface area contributed by atoms with E-state index in [0.717, 1.165) is 22.5 Å². The first-order chi connectivity index (χ1) is 15.9. The first kappa shape index (κ1) is 22.4. The zero-order chi connectivity index (χ0) is 23.4. The Hall–Kier alpha value is -3.78. The van der Waals surface area contributed by atoms with Crippen LogP contribution in [0.1, 0.15) is 30.4 Å². The predicted octanol–water partition coefficient (Wildman–Crippen LogP) is 5.61. The van der Waals surface area contributed by atoms with E-state index >= 15 is 0 Å². The molecule has 0 saturated heterocycles. The molecule has 2 aromatic carbocycles. The van der Waals surface area contributed by atoms with E-state index in [1.165, 1.54) is 29.4 Å². The number of carbonyl (C=O) groups is 2. The largest absolute Gasteiger partial charge is 0.441 e. The highest BCUT2D eigenvalue weighted by atomic mass is 32.1. The van der Waals surface area contributed by atoms with Gasteiger partial charge in [0, 0.05) is 42.0 Å². The minimum atomic E-state index is -0.150. The Morgan fingerprint density at radius 1 is 1.00 bits per heavy atom. The van der Waals surface area contributed by atoms with Crippen molar-refractivity contribution in [3.8, 4) is 22.6 Å². The Labute approximate surface area is 195 Å². The Bertz CT molecular complexity index is 1290. The number of rotatable bonds is 7. The Morgan fingerprint density at radius 2 is 1.76 bits per heavy atom. The molecule has 33 heavy (non-hydrogen) atoms. The SMILES string of the molecule is CC(=O)Nc1ccc(-c2csc(NC(=O)CCc3ncc(-c4ccc(C)c(C)c4)o3)n2)cc1. The molecule has 2 N–H and O–H groups in total. The fraction of sp³-hybridized carbons (Fsp3) is 0.200. The molecule has 0 unspecified atom stereocenters. The van der Waals surface area contributed by atoms with Crippen LogP contribution in [0.3, 0.4) is 0 Å². The normalized spacial score (nSPS) is 10.8. The molecule has 0 fully saturated rings. The molecule has 0 aliphatic heterocycles. The minimum absolute atomic E-state index is 0.118. The van der Waals surface area contributed by atoms with Gasteiger partial charge in [0.05, 0.1) is 11.9 Å². The van der Waals surface area contributed by atoms with Crippen molar-refractivity contribution in [2.24, 2.45) is 0 Å². The first-order valence-corrected chi connectivity index (χ1v) is 11.4. The molecule has 4 aromatic rings. The van der Waals surface area contributed by atoms with Crippen molar-refractivity contribution >= 4 is 34.0 Å². The highest BCUT2D eigenvalue weighted by Crippen LogP contribution is 2.27. The van der Waals surface area contributed by atoms with Crippen molar-refractivity contribution in [3.63, 3.8) is 0 Å². The van der Waals surface area contributed by atoms with E-state index in [0.29, 0.717) is 23.2 Å². The Balaban J connectivity index is 1.32. The second-order valence-electron chi connectivity index (χ2n) is 7.76. The number of thiazole rings is 1. The van der Waals surface area contributed by atoms with Crippen LogP contribution in [0, 0.1) is 13.8 Å². The fourth-order valence-electron chi connectivity index (χ4n) is 3.25. The maximum Gasteiger partial charge on any atom is 0.226 e. The lowest BCUT2D eigenvalue weighted by molar-refractivity contribution is -0.116. The van der Waals surface area contributed by atoms with Gasteiger partial charge in [-0.05, 0) is 43.2 Å². The van der Waals surface area contributed by atoms with E-state index in [-0.39, 0.29) is 18.2 Å². The number of hydrogen-bond donors (Lipinski definition) is 2. The van der Waals surface area contributed by atoms with Crippen LogP contribution in [-0.2, 0) is 16.0 Å². The van der Waals surface area contributed by atoms with E-state index in [4.69, 9.17) is 4.42 Å². The first-order valence-electron chi connectivity index (χ1n) is 10.5. The van der Waals surface area contributed by atoms with Gasteiger partial charge in [-0.1, -0.05) is 24.3 Å². The highest BCUT2D eigenvalue weighted by molar-refractivity contribution is 7.14. The van der Waals surface area contributed by atoms with Crippen molar-refractivity contribution in [1.29, 1.82) is 0 Å². The molecule has 0 bridgehead atoms. The second kappa shape index (κ2) is 9.79. The van der Waals surface area contributed by atoms with Crippen molar-refractivity contribution in [2.75, 3.05) is 10.6 Å². The van der Waals surface area contributed by atoms with E-state index in [2.05, 4.69) is 46.6 Å². The van der Waals surface area contributed by atoms with Crippen LogP contribution in [-0.4, -0.2) is 21.8 Å². The standard InChI is InChI=1S/C25H24N4O3S/c1-15-4-5-19(12-16(15)2)22-13-26-24(32-22)11-10-23(31)29-25-28-21(14-33-25)18-6-8-20(9-7-18)27-17(3)30/h4-9,12-14H,10-11H2,1-3H3,(H,27,30)(H,28,29,31). The molecule has 0 saturated carbocycles. The van der Waals surface area contributed by atoms with Gasteiger partial charge >= 0.3 is 0 Å². The number of aromatic nitrogens is 2. The molecule has 7 nitrogen and oxygen atoms in total. The van der Waals surface area contributed by atoms with Crippen LogP contribution in [0.25, 0.3) is 22.6 Å². The Kier molecular flexibility index (Phi) is 6.65. The number of anilines is 2. The monoisotopic (exact) mass is 460 g/mol. The summed E-state index contributed by atoms with van der Waals surface area (Å²) in [6, 6.07) is 13.5. The third-order valence-corrected chi connectivity index (χ3v) is 5.92. The van der Waals surface area contributed by atoms with E-state index in [1.807, 2.05) is 35.7 Å². The van der Waals surface area contributed by atoms with Crippen molar-refractivity contribution in [1.82, 2.24) is 9.97 Å². The third kappa shape index (κ3) is 5.72. The van der Waals surface area contributed by atoms with Crippen LogP contribution in [0.15, 0.2) is 58.5 Å². The molecule has 2 aromatic heterocycles. The fourth-order valence-corrected chi connectivity index (χ4v) is 3.98. The second-order valence-corrected chi connectivity index (χ2v) is 8.62. The minimum Gasteiger partial charge on any atom is -0.441 e. The molecule has 0 atom stereocenters. The summed E-state index contributed by atoms with van der Waals surface area (Å²) in [5.41, 5.74) is 5.78. The van der Waals surface area contributed by atoms with Gasteiger partial charge in [0.25, 0.3) is 0 Å². The lowest BCUT2D eigenvalue weighted by Crippen LogP contribution is -2.12. The topological polar surface area (TPSA) is 97.1 Å². The van der Waals surface area contributed by atoms with Gasteiger partial charge in [0.2, 0.25) is 11.8 Å². The molecule has 0 spiro atoms. The number of amides is 2. The quantitative estimate of drug-likeness (QED) is 0.373. The van der Waals surface area contributed by atoms with E-state index < -0.39 is 0 Å². The third-order valence-electron chi connectivity index (χ3n) is 5.16. The number of carbonyl (C=O) groups excluding carboxylic acids is 2. The van der Waals surface area contributed by atoms with Gasteiger partial charge in [-0.2, -0.15) is 0 Å². The highest BCUT2D eigenvalue weighted by Gasteiger charge is 2.12. The van der Waals surface area contributed by atoms with Crippen LogP contribution < -0.4 is 10.6 Å². The van der Waals surface area contributed by atoms with Crippen molar-refractivity contribution in [2.45, 2.75) is 33.6 Å². The maximum absolute atomic E-state index is 12.4. The molecule has 0 aliphatic carbocycles. The summed E-state index contributed by atoms with van der Waals surface area (Å²) >= 11 is 1.36. The summed E-state index contributed by atoms with van der Waals surface area (Å²) in [5.74, 6) is 0.954. The molecular formula is C25H24N4O3S. The zero-order valence-corrected chi connectivity index (χ0v) is 19.5. The summed E-state index contributed by atoms with van der Waals surface area (Å²) in [6.07, 6.45) is 2.34. The summed E-state index contributed by atoms with van der Waals surface area (Å²) in [6.45, 7) is 5.60. The van der Waals surface area contributed by atoms with Gasteiger partial charge in [0.15, 0.2) is 16.8 Å². The van der Waals surface area contributed by atoms with Gasteiger partial charge in [0.1, 0.15) is 0 Å². The summed E-state index contributed by atoms with van der Waals surface area (Å²) in [5, 5.41) is 7.98. The molecule has 8 heteroatoms. The van der Waals surface area contributed by atoms with Gasteiger partial charge in [-0.15, -0.1) is 11.3 Å². The number of nitrogens with zero attached hydrogens (tertiary/aromatic N) is 2. The van der Waals surface area contributed by atoms with Crippen LogP contribution in [0.4, 0.5) is 10.8 Å². The molecule has 0 aliphatic rings. The van der Waals surface area contributed by atoms with E-state index in [9.17, 15) is 9.59 Å². The summed E-state index contributed by atoms with van der Waals surface area (Å²) in [7, 11) is 0. The Morgan fingerprint density at radius 3 is 2.48 bits per heavy atom. The average molecular weight is 461 g/mol. The zero-order valence-electron chi connectivity index (χ0n) is 18.6. The number of hydrogen-bond acceptors (Lipinski definition) is 6. The molecular weight excluding hydrogens is 436 g/mol. The number of benzene rings is 2. The molecule has 2 heterocycles. The predicted molar refractivity (Wildman–Crippen MR) is 130 cm³/mol. The van der Waals surface area contributed by atoms with Gasteiger partial charge < -0.3 is 15.1 Å². The summed E-state index contributed by atoms with van der Waals surface area (Å²) in [4.78, 5) is 32.3. The van der Waals surface area contributed by atoms with E-state index in [1.54, 1.807) is 6.20 Å². The number of aryl methyl sites for hydroxylation is 3. The number of nitrogens with one attached hydrogen (secondary N) is 2. The molecule has 4 rings (SSSR count). The smallest absolute Gasteiger partial charge is 0.226 e.